The summed E-state index contributed by atoms with van der Waals surface area (Å²) in [6, 6.07) is 8.02. The van der Waals surface area contributed by atoms with E-state index >= 15 is 0 Å². The van der Waals surface area contributed by atoms with E-state index in [1.165, 1.54) is 5.56 Å². The van der Waals surface area contributed by atoms with Crippen molar-refractivity contribution in [2.45, 2.75) is 26.3 Å². The fourth-order valence-corrected chi connectivity index (χ4v) is 1.13. The number of aryl methyl sites for hydroxylation is 1. The third kappa shape index (κ3) is 2.23. The summed E-state index contributed by atoms with van der Waals surface area (Å²) < 4.78 is 0. The van der Waals surface area contributed by atoms with Gasteiger partial charge >= 0.3 is 0 Å². The number of rotatable bonds is 2. The van der Waals surface area contributed by atoms with E-state index in [2.05, 4.69) is 10.0 Å². The van der Waals surface area contributed by atoms with E-state index in [4.69, 9.17) is 5.53 Å². The van der Waals surface area contributed by atoms with Gasteiger partial charge in [0, 0.05) is 4.91 Å². The van der Waals surface area contributed by atoms with E-state index in [1.807, 2.05) is 45.0 Å². The van der Waals surface area contributed by atoms with Gasteiger partial charge < -0.3 is 0 Å². The van der Waals surface area contributed by atoms with Gasteiger partial charge in [-0.25, -0.2) is 0 Å². The van der Waals surface area contributed by atoms with Gasteiger partial charge in [0.2, 0.25) is 0 Å². The first-order chi connectivity index (χ1) is 6.06. The van der Waals surface area contributed by atoms with E-state index < -0.39 is 5.54 Å². The Hall–Kier alpha value is -1.47. The maximum atomic E-state index is 8.38. The summed E-state index contributed by atoms with van der Waals surface area (Å²) in [5, 5.41) is 3.74. The molecule has 0 aliphatic rings. The van der Waals surface area contributed by atoms with Crippen molar-refractivity contribution in [1.29, 1.82) is 0 Å². The van der Waals surface area contributed by atoms with Crippen molar-refractivity contribution in [1.82, 2.24) is 0 Å². The second-order valence-corrected chi connectivity index (χ2v) is 3.61. The summed E-state index contributed by atoms with van der Waals surface area (Å²) in [4.78, 5) is 2.83. The Morgan fingerprint density at radius 2 is 1.77 bits per heavy atom. The molecule has 0 saturated carbocycles. The molecule has 0 fully saturated rings. The summed E-state index contributed by atoms with van der Waals surface area (Å²) in [6.07, 6.45) is 0. The Bertz CT molecular complexity index is 332. The number of nitrogens with zero attached hydrogens (tertiary/aromatic N) is 3. The molecule has 0 saturated heterocycles. The summed E-state index contributed by atoms with van der Waals surface area (Å²) in [7, 11) is 0. The van der Waals surface area contributed by atoms with Gasteiger partial charge in [-0.15, -0.1) is 0 Å². The molecule has 0 aliphatic heterocycles. The van der Waals surface area contributed by atoms with Gasteiger partial charge in [-0.3, -0.25) is 0 Å². The van der Waals surface area contributed by atoms with Crippen molar-refractivity contribution in [3.63, 3.8) is 0 Å². The van der Waals surface area contributed by atoms with E-state index in [1.54, 1.807) is 0 Å². The molecule has 0 atom stereocenters. The lowest BCUT2D eigenvalue weighted by atomic mass is 9.95. The largest absolute Gasteiger partial charge is 0.0831 e. The SMILES string of the molecule is Cc1ccc(C(C)(C)N=[N+]=[N-])cc1. The molecule has 0 spiro atoms. The molecule has 68 valence electrons. The molecule has 1 aromatic carbocycles. The molecule has 0 aromatic heterocycles. The third-order valence-corrected chi connectivity index (χ3v) is 2.05. The maximum Gasteiger partial charge on any atom is 0.0681 e. The highest BCUT2D eigenvalue weighted by Crippen LogP contribution is 2.24. The van der Waals surface area contributed by atoms with Gasteiger partial charge in [-0.05, 0) is 18.0 Å². The smallest absolute Gasteiger partial charge is 0.0681 e. The maximum absolute atomic E-state index is 8.38. The Balaban J connectivity index is 3.07. The van der Waals surface area contributed by atoms with Gasteiger partial charge in [0.05, 0.1) is 5.54 Å². The summed E-state index contributed by atoms with van der Waals surface area (Å²) in [5.41, 5.74) is 10.2. The average molecular weight is 175 g/mol. The highest BCUT2D eigenvalue weighted by Gasteiger charge is 2.17. The van der Waals surface area contributed by atoms with Crippen molar-refractivity contribution in [2.75, 3.05) is 0 Å². The highest BCUT2D eigenvalue weighted by molar-refractivity contribution is 5.26. The summed E-state index contributed by atoms with van der Waals surface area (Å²) >= 11 is 0. The third-order valence-electron chi connectivity index (χ3n) is 2.05. The van der Waals surface area contributed by atoms with Crippen molar-refractivity contribution in [3.05, 3.63) is 45.8 Å². The van der Waals surface area contributed by atoms with Crippen LogP contribution in [0.25, 0.3) is 10.4 Å². The fraction of sp³-hybridized carbons (Fsp3) is 0.400. The Labute approximate surface area is 78.0 Å². The molecule has 0 N–H and O–H groups in total. The molecule has 3 heteroatoms. The Morgan fingerprint density at radius 1 is 1.23 bits per heavy atom. The minimum Gasteiger partial charge on any atom is -0.0831 e. The van der Waals surface area contributed by atoms with Crippen molar-refractivity contribution in [3.8, 4) is 0 Å². The standard InChI is InChI=1S/C10H13N3/c1-8-4-6-9(7-5-8)10(2,3)12-13-11/h4-7H,1-3H3. The van der Waals surface area contributed by atoms with Crippen LogP contribution < -0.4 is 0 Å². The molecule has 1 aromatic rings. The molecule has 1 rings (SSSR count). The van der Waals surface area contributed by atoms with Crippen LogP contribution in [-0.2, 0) is 5.54 Å². The molecular formula is C10H13N3. The van der Waals surface area contributed by atoms with Crippen LogP contribution in [0.2, 0.25) is 0 Å². The van der Waals surface area contributed by atoms with Gasteiger partial charge in [0.15, 0.2) is 0 Å². The quantitative estimate of drug-likeness (QED) is 0.375. The minimum atomic E-state index is -0.456. The molecular weight excluding hydrogens is 162 g/mol. The second kappa shape index (κ2) is 3.50. The topological polar surface area (TPSA) is 48.8 Å². The molecule has 0 radical (unpaired) electrons. The predicted octanol–water partition coefficient (Wildman–Crippen LogP) is 3.54. The molecule has 0 amide bonds. The summed E-state index contributed by atoms with van der Waals surface area (Å²) in [6.45, 7) is 5.83. The fourth-order valence-electron chi connectivity index (χ4n) is 1.13. The Morgan fingerprint density at radius 3 is 2.23 bits per heavy atom. The number of hydrogen-bond donors (Lipinski definition) is 0. The molecule has 0 unspecified atom stereocenters. The molecule has 3 nitrogen and oxygen atoms in total. The lowest BCUT2D eigenvalue weighted by molar-refractivity contribution is 0.550. The first-order valence-corrected chi connectivity index (χ1v) is 4.19. The van der Waals surface area contributed by atoms with Crippen LogP contribution in [0.5, 0.6) is 0 Å². The van der Waals surface area contributed by atoms with Crippen LogP contribution in [0.3, 0.4) is 0 Å². The van der Waals surface area contributed by atoms with E-state index in [0.717, 1.165) is 5.56 Å². The predicted molar refractivity (Wildman–Crippen MR) is 53.4 cm³/mol. The first kappa shape index (κ1) is 9.62. The minimum absolute atomic E-state index is 0.456. The van der Waals surface area contributed by atoms with Gasteiger partial charge in [0.1, 0.15) is 0 Å². The average Bonchev–Trinajstić information content (AvgIpc) is 2.05. The highest BCUT2D eigenvalue weighted by atomic mass is 15.2. The van der Waals surface area contributed by atoms with Crippen LogP contribution in [0.1, 0.15) is 25.0 Å². The van der Waals surface area contributed by atoms with Crippen LogP contribution >= 0.6 is 0 Å². The normalized spacial score (nSPS) is 10.7. The molecule has 0 aliphatic carbocycles. The second-order valence-electron chi connectivity index (χ2n) is 3.61. The summed E-state index contributed by atoms with van der Waals surface area (Å²) in [5.74, 6) is 0. The Kier molecular flexibility index (Phi) is 2.59. The zero-order chi connectivity index (χ0) is 9.90. The number of benzene rings is 1. The van der Waals surface area contributed by atoms with Crippen molar-refractivity contribution < 1.29 is 0 Å². The molecule has 0 bridgehead atoms. The van der Waals surface area contributed by atoms with E-state index in [9.17, 15) is 0 Å². The van der Waals surface area contributed by atoms with Crippen LogP contribution in [0.4, 0.5) is 0 Å². The molecule has 13 heavy (non-hydrogen) atoms. The lowest BCUT2D eigenvalue weighted by Gasteiger charge is -2.18. The van der Waals surface area contributed by atoms with Crippen molar-refractivity contribution in [2.24, 2.45) is 5.11 Å². The van der Waals surface area contributed by atoms with Gasteiger partial charge in [-0.1, -0.05) is 48.8 Å². The number of hydrogen-bond acceptors (Lipinski definition) is 1. The van der Waals surface area contributed by atoms with E-state index in [0.29, 0.717) is 0 Å². The zero-order valence-electron chi connectivity index (χ0n) is 8.15. The van der Waals surface area contributed by atoms with Crippen LogP contribution in [-0.4, -0.2) is 0 Å². The zero-order valence-corrected chi connectivity index (χ0v) is 8.15. The van der Waals surface area contributed by atoms with Gasteiger partial charge in [0.25, 0.3) is 0 Å². The first-order valence-electron chi connectivity index (χ1n) is 4.19. The van der Waals surface area contributed by atoms with Gasteiger partial charge in [-0.2, -0.15) is 0 Å². The van der Waals surface area contributed by atoms with Crippen molar-refractivity contribution >= 4 is 0 Å². The van der Waals surface area contributed by atoms with Crippen LogP contribution in [0, 0.1) is 6.92 Å². The van der Waals surface area contributed by atoms with Crippen LogP contribution in [0.15, 0.2) is 29.4 Å². The molecule has 0 heterocycles. The monoisotopic (exact) mass is 175 g/mol. The lowest BCUT2D eigenvalue weighted by Crippen LogP contribution is -2.12. The van der Waals surface area contributed by atoms with E-state index in [-0.39, 0.29) is 0 Å². The number of azide groups is 1.